The number of carboxylic acids is 1. The van der Waals surface area contributed by atoms with Crippen molar-refractivity contribution in [2.24, 2.45) is 17.8 Å². The summed E-state index contributed by atoms with van der Waals surface area (Å²) < 4.78 is 0. The molecular formula is C15H23NO3. The van der Waals surface area contributed by atoms with Gasteiger partial charge < -0.3 is 10.0 Å². The average molecular weight is 265 g/mol. The molecule has 3 aliphatic carbocycles. The molecule has 0 aromatic heterocycles. The fourth-order valence-corrected chi connectivity index (χ4v) is 4.51. The van der Waals surface area contributed by atoms with Crippen molar-refractivity contribution in [2.75, 3.05) is 6.54 Å². The van der Waals surface area contributed by atoms with E-state index in [0.717, 1.165) is 38.0 Å². The van der Waals surface area contributed by atoms with E-state index in [1.54, 1.807) is 4.90 Å². The van der Waals surface area contributed by atoms with Crippen LogP contribution in [0.25, 0.3) is 0 Å². The summed E-state index contributed by atoms with van der Waals surface area (Å²) in [5.41, 5.74) is 0. The number of hydrogen-bond acceptors (Lipinski definition) is 2. The lowest BCUT2D eigenvalue weighted by Crippen LogP contribution is -2.46. The zero-order chi connectivity index (χ0) is 13.4. The molecule has 4 nitrogen and oxygen atoms in total. The van der Waals surface area contributed by atoms with Gasteiger partial charge in [0.15, 0.2) is 0 Å². The van der Waals surface area contributed by atoms with Gasteiger partial charge in [-0.15, -0.1) is 0 Å². The summed E-state index contributed by atoms with van der Waals surface area (Å²) in [7, 11) is 0. The Morgan fingerprint density at radius 1 is 1.05 bits per heavy atom. The molecule has 0 spiro atoms. The van der Waals surface area contributed by atoms with Gasteiger partial charge in [-0.25, -0.2) is 0 Å². The van der Waals surface area contributed by atoms with Crippen LogP contribution in [0.4, 0.5) is 0 Å². The van der Waals surface area contributed by atoms with Crippen molar-refractivity contribution in [1.29, 1.82) is 0 Å². The molecule has 3 aliphatic rings. The third kappa shape index (κ3) is 2.49. The lowest BCUT2D eigenvalue weighted by atomic mass is 9.87. The molecule has 3 saturated carbocycles. The summed E-state index contributed by atoms with van der Waals surface area (Å²) in [5.74, 6) is 0.660. The van der Waals surface area contributed by atoms with Crippen LogP contribution < -0.4 is 0 Å². The Balaban J connectivity index is 1.71. The number of aliphatic carboxylic acids is 1. The third-order valence-corrected chi connectivity index (χ3v) is 5.41. The van der Waals surface area contributed by atoms with Gasteiger partial charge in [0.25, 0.3) is 0 Å². The van der Waals surface area contributed by atoms with Gasteiger partial charge in [-0.3, -0.25) is 9.59 Å². The largest absolute Gasteiger partial charge is 0.480 e. The molecule has 106 valence electrons. The first-order valence-electron chi connectivity index (χ1n) is 7.67. The summed E-state index contributed by atoms with van der Waals surface area (Å²) in [6.07, 6.45) is 8.88. The average Bonchev–Trinajstić information content (AvgIpc) is 3.10. The Bertz CT molecular complexity index is 376. The number of hydrogen-bond donors (Lipinski definition) is 1. The minimum atomic E-state index is -0.872. The summed E-state index contributed by atoms with van der Waals surface area (Å²) in [4.78, 5) is 25.5. The van der Waals surface area contributed by atoms with E-state index >= 15 is 0 Å². The molecule has 0 aromatic rings. The smallest absolute Gasteiger partial charge is 0.323 e. The zero-order valence-electron chi connectivity index (χ0n) is 11.4. The lowest BCUT2D eigenvalue weighted by molar-refractivity contribution is -0.149. The molecule has 3 rings (SSSR count). The van der Waals surface area contributed by atoms with Crippen molar-refractivity contribution in [1.82, 2.24) is 4.90 Å². The second-order valence-corrected chi connectivity index (χ2v) is 6.58. The third-order valence-electron chi connectivity index (χ3n) is 5.41. The molecule has 0 saturated heterocycles. The van der Waals surface area contributed by atoms with Crippen LogP contribution in [0.5, 0.6) is 0 Å². The molecule has 2 bridgehead atoms. The minimum Gasteiger partial charge on any atom is -0.480 e. The topological polar surface area (TPSA) is 57.6 Å². The molecule has 1 N–H and O–H groups in total. The SMILES string of the molecule is O=C(O)CN(C(=O)C1CC2CCC1C2)C1CCCC1. The summed E-state index contributed by atoms with van der Waals surface area (Å²) in [6, 6.07) is 0.183. The molecule has 0 aromatic carbocycles. The van der Waals surface area contributed by atoms with Gasteiger partial charge in [-0.1, -0.05) is 19.3 Å². The van der Waals surface area contributed by atoms with Crippen LogP contribution in [0.1, 0.15) is 51.4 Å². The molecule has 3 atom stereocenters. The maximum Gasteiger partial charge on any atom is 0.323 e. The normalized spacial score (nSPS) is 33.8. The van der Waals surface area contributed by atoms with Crippen LogP contribution in [0.15, 0.2) is 0 Å². The van der Waals surface area contributed by atoms with Gasteiger partial charge in [0.1, 0.15) is 6.54 Å². The Kier molecular flexibility index (Phi) is 3.50. The lowest BCUT2D eigenvalue weighted by Gasteiger charge is -2.32. The summed E-state index contributed by atoms with van der Waals surface area (Å²) in [6.45, 7) is -0.0998. The van der Waals surface area contributed by atoms with Gasteiger partial charge in [-0.2, -0.15) is 0 Å². The highest BCUT2D eigenvalue weighted by Crippen LogP contribution is 2.49. The zero-order valence-corrected chi connectivity index (χ0v) is 11.4. The number of carbonyl (C=O) groups excluding carboxylic acids is 1. The van der Waals surface area contributed by atoms with Crippen LogP contribution in [0.2, 0.25) is 0 Å². The van der Waals surface area contributed by atoms with E-state index in [0.29, 0.717) is 5.92 Å². The first-order chi connectivity index (χ1) is 9.15. The fraction of sp³-hybridized carbons (Fsp3) is 0.867. The number of nitrogens with zero attached hydrogens (tertiary/aromatic N) is 1. The first kappa shape index (κ1) is 12.9. The number of rotatable bonds is 4. The molecule has 3 unspecified atom stereocenters. The van der Waals surface area contributed by atoms with Gasteiger partial charge >= 0.3 is 5.97 Å². The highest BCUT2D eigenvalue weighted by Gasteiger charge is 2.45. The quantitative estimate of drug-likeness (QED) is 0.848. The second-order valence-electron chi connectivity index (χ2n) is 6.58. The molecule has 0 aliphatic heterocycles. The van der Waals surface area contributed by atoms with Crippen LogP contribution >= 0.6 is 0 Å². The molecule has 19 heavy (non-hydrogen) atoms. The van der Waals surface area contributed by atoms with Crippen molar-refractivity contribution < 1.29 is 14.7 Å². The van der Waals surface area contributed by atoms with Crippen molar-refractivity contribution >= 4 is 11.9 Å². The predicted molar refractivity (Wildman–Crippen MR) is 70.5 cm³/mol. The highest BCUT2D eigenvalue weighted by atomic mass is 16.4. The molecule has 3 fully saturated rings. The molecular weight excluding hydrogens is 242 g/mol. The van der Waals surface area contributed by atoms with Crippen LogP contribution in [-0.2, 0) is 9.59 Å². The van der Waals surface area contributed by atoms with E-state index in [1.807, 2.05) is 0 Å². The van der Waals surface area contributed by atoms with E-state index in [2.05, 4.69) is 0 Å². The van der Waals surface area contributed by atoms with E-state index in [4.69, 9.17) is 5.11 Å². The monoisotopic (exact) mass is 265 g/mol. The molecule has 0 radical (unpaired) electrons. The summed E-state index contributed by atoms with van der Waals surface area (Å²) in [5, 5.41) is 9.07. The fourth-order valence-electron chi connectivity index (χ4n) is 4.51. The Morgan fingerprint density at radius 3 is 2.32 bits per heavy atom. The van der Waals surface area contributed by atoms with Crippen LogP contribution in [0.3, 0.4) is 0 Å². The predicted octanol–water partition coefficient (Wildman–Crippen LogP) is 2.28. The van der Waals surface area contributed by atoms with E-state index in [1.165, 1.54) is 19.3 Å². The van der Waals surface area contributed by atoms with Crippen molar-refractivity contribution in [3.8, 4) is 0 Å². The minimum absolute atomic E-state index is 0.0998. The maximum atomic E-state index is 12.7. The number of amides is 1. The maximum absolute atomic E-state index is 12.7. The number of carboxylic acid groups (broad SMARTS) is 1. The first-order valence-corrected chi connectivity index (χ1v) is 7.67. The van der Waals surface area contributed by atoms with Crippen molar-refractivity contribution in [3.63, 3.8) is 0 Å². The molecule has 1 amide bonds. The van der Waals surface area contributed by atoms with E-state index in [-0.39, 0.29) is 24.4 Å². The second kappa shape index (κ2) is 5.14. The van der Waals surface area contributed by atoms with Crippen molar-refractivity contribution in [2.45, 2.75) is 57.4 Å². The Hall–Kier alpha value is -1.06. The highest BCUT2D eigenvalue weighted by molar-refractivity contribution is 5.84. The molecule has 0 heterocycles. The standard InChI is InChI=1S/C15H23NO3/c17-14(18)9-16(12-3-1-2-4-12)15(19)13-8-10-5-6-11(13)7-10/h10-13H,1-9H2,(H,17,18). The van der Waals surface area contributed by atoms with Gasteiger partial charge in [0.05, 0.1) is 0 Å². The molecule has 4 heteroatoms. The number of carbonyl (C=O) groups is 2. The van der Waals surface area contributed by atoms with E-state index < -0.39 is 5.97 Å². The van der Waals surface area contributed by atoms with Crippen LogP contribution in [-0.4, -0.2) is 34.5 Å². The van der Waals surface area contributed by atoms with Crippen molar-refractivity contribution in [3.05, 3.63) is 0 Å². The number of fused-ring (bicyclic) bond motifs is 2. The Labute approximate surface area is 114 Å². The summed E-state index contributed by atoms with van der Waals surface area (Å²) >= 11 is 0. The van der Waals surface area contributed by atoms with E-state index in [9.17, 15) is 9.59 Å². The van der Waals surface area contributed by atoms with Gasteiger partial charge in [0, 0.05) is 12.0 Å². The van der Waals surface area contributed by atoms with Gasteiger partial charge in [0.2, 0.25) is 5.91 Å². The van der Waals surface area contributed by atoms with Crippen LogP contribution in [0, 0.1) is 17.8 Å². The Morgan fingerprint density at radius 2 is 1.79 bits per heavy atom. The van der Waals surface area contributed by atoms with Gasteiger partial charge in [-0.05, 0) is 43.9 Å².